The van der Waals surface area contributed by atoms with Gasteiger partial charge in [0.15, 0.2) is 0 Å². The molecule has 0 heterocycles. The van der Waals surface area contributed by atoms with E-state index < -0.39 is 0 Å². The Balaban J connectivity index is 2.24. The minimum absolute atomic E-state index is 0.167. The maximum atomic E-state index is 12.2. The Kier molecular flexibility index (Phi) is 5.29. The third kappa shape index (κ3) is 3.10. The van der Waals surface area contributed by atoms with Gasteiger partial charge in [-0.15, -0.1) is 0 Å². The predicted molar refractivity (Wildman–Crippen MR) is 82.5 cm³/mol. The van der Waals surface area contributed by atoms with E-state index in [4.69, 9.17) is 4.74 Å². The van der Waals surface area contributed by atoms with Crippen LogP contribution >= 0.6 is 0 Å². The molecule has 2 atom stereocenters. The minimum atomic E-state index is -0.180. The molecule has 0 saturated heterocycles. The van der Waals surface area contributed by atoms with Crippen molar-refractivity contribution in [3.8, 4) is 0 Å². The van der Waals surface area contributed by atoms with Crippen LogP contribution < -0.4 is 0 Å². The molecule has 2 rings (SSSR count). The van der Waals surface area contributed by atoms with Crippen molar-refractivity contribution in [2.24, 2.45) is 11.8 Å². The zero-order valence-electron chi connectivity index (χ0n) is 13.2. The van der Waals surface area contributed by atoms with Crippen LogP contribution in [0.2, 0.25) is 0 Å². The lowest BCUT2D eigenvalue weighted by Crippen LogP contribution is -2.50. The van der Waals surface area contributed by atoms with Crippen molar-refractivity contribution in [2.45, 2.75) is 83.7 Å². The van der Waals surface area contributed by atoms with E-state index >= 15 is 0 Å². The predicted octanol–water partition coefficient (Wildman–Crippen LogP) is 5.03. The second kappa shape index (κ2) is 6.78. The standard InChI is InChI=1S/C18H30O2/c1-4-9-15-12-7-8-13-18(15,16-10-5-6-11-16)20-17(19)14(2)3/h15-16H,2,4-13H2,1,3H3. The summed E-state index contributed by atoms with van der Waals surface area (Å²) in [5.74, 6) is 0.982. The molecule has 0 amide bonds. The summed E-state index contributed by atoms with van der Waals surface area (Å²) in [7, 11) is 0. The van der Waals surface area contributed by atoms with E-state index in [-0.39, 0.29) is 11.6 Å². The number of carbonyl (C=O) groups is 1. The molecule has 2 unspecified atom stereocenters. The number of hydrogen-bond acceptors (Lipinski definition) is 2. The van der Waals surface area contributed by atoms with E-state index in [0.717, 1.165) is 6.42 Å². The summed E-state index contributed by atoms with van der Waals surface area (Å²) >= 11 is 0. The molecule has 0 aromatic rings. The van der Waals surface area contributed by atoms with Crippen LogP contribution in [0.5, 0.6) is 0 Å². The van der Waals surface area contributed by atoms with Crippen LogP contribution in [0, 0.1) is 11.8 Å². The molecule has 0 spiro atoms. The van der Waals surface area contributed by atoms with Crippen LogP contribution in [0.15, 0.2) is 12.2 Å². The van der Waals surface area contributed by atoms with E-state index in [1.807, 2.05) is 0 Å². The molecule has 0 radical (unpaired) electrons. The third-order valence-corrected chi connectivity index (χ3v) is 5.38. The van der Waals surface area contributed by atoms with Crippen LogP contribution in [0.25, 0.3) is 0 Å². The Morgan fingerprint density at radius 3 is 2.45 bits per heavy atom. The minimum Gasteiger partial charge on any atom is -0.455 e. The summed E-state index contributed by atoms with van der Waals surface area (Å²) in [4.78, 5) is 12.2. The molecule has 2 aliphatic carbocycles. The summed E-state index contributed by atoms with van der Waals surface area (Å²) in [6, 6.07) is 0. The van der Waals surface area contributed by atoms with Crippen molar-refractivity contribution < 1.29 is 9.53 Å². The molecule has 2 nitrogen and oxygen atoms in total. The fraction of sp³-hybridized carbons (Fsp3) is 0.833. The zero-order valence-corrected chi connectivity index (χ0v) is 13.2. The number of rotatable bonds is 5. The number of hydrogen-bond donors (Lipinski definition) is 0. The normalized spacial score (nSPS) is 31.2. The van der Waals surface area contributed by atoms with Gasteiger partial charge in [0, 0.05) is 5.57 Å². The van der Waals surface area contributed by atoms with Gasteiger partial charge in [0.2, 0.25) is 0 Å². The number of ether oxygens (including phenoxy) is 1. The second-order valence-electron chi connectivity index (χ2n) is 6.84. The van der Waals surface area contributed by atoms with Gasteiger partial charge in [0.05, 0.1) is 0 Å². The molecule has 2 fully saturated rings. The summed E-state index contributed by atoms with van der Waals surface area (Å²) < 4.78 is 6.15. The van der Waals surface area contributed by atoms with E-state index in [1.165, 1.54) is 57.8 Å². The highest BCUT2D eigenvalue weighted by Gasteiger charge is 2.49. The van der Waals surface area contributed by atoms with E-state index in [0.29, 0.717) is 17.4 Å². The van der Waals surface area contributed by atoms with E-state index in [9.17, 15) is 4.79 Å². The van der Waals surface area contributed by atoms with Gasteiger partial charge >= 0.3 is 5.97 Å². The van der Waals surface area contributed by atoms with Crippen molar-refractivity contribution >= 4 is 5.97 Å². The first-order chi connectivity index (χ1) is 9.60. The first-order valence-corrected chi connectivity index (χ1v) is 8.49. The molecular formula is C18H30O2. The van der Waals surface area contributed by atoms with Crippen LogP contribution in [0.1, 0.15) is 78.1 Å². The molecule has 0 bridgehead atoms. The molecule has 0 aromatic carbocycles. The summed E-state index contributed by atoms with van der Waals surface area (Å²) in [6.07, 6.45) is 12.3. The van der Waals surface area contributed by atoms with Crippen molar-refractivity contribution in [3.63, 3.8) is 0 Å². The van der Waals surface area contributed by atoms with Gasteiger partial charge < -0.3 is 4.74 Å². The van der Waals surface area contributed by atoms with Gasteiger partial charge in [0.1, 0.15) is 5.60 Å². The molecular weight excluding hydrogens is 248 g/mol. The molecule has 0 aromatic heterocycles. The van der Waals surface area contributed by atoms with Crippen molar-refractivity contribution in [3.05, 3.63) is 12.2 Å². The first-order valence-electron chi connectivity index (χ1n) is 8.49. The number of esters is 1. The van der Waals surface area contributed by atoms with Gasteiger partial charge in [0.25, 0.3) is 0 Å². The second-order valence-corrected chi connectivity index (χ2v) is 6.84. The molecule has 2 aliphatic rings. The first kappa shape index (κ1) is 15.6. The lowest BCUT2D eigenvalue weighted by Gasteiger charge is -2.47. The number of carbonyl (C=O) groups excluding carboxylic acids is 1. The maximum absolute atomic E-state index is 12.2. The van der Waals surface area contributed by atoms with Crippen molar-refractivity contribution in [1.82, 2.24) is 0 Å². The highest BCUT2D eigenvalue weighted by molar-refractivity contribution is 5.87. The average Bonchev–Trinajstić information content (AvgIpc) is 2.95. The molecule has 0 aliphatic heterocycles. The maximum Gasteiger partial charge on any atom is 0.333 e. The van der Waals surface area contributed by atoms with Gasteiger partial charge in [-0.05, 0) is 57.3 Å². The molecule has 20 heavy (non-hydrogen) atoms. The van der Waals surface area contributed by atoms with E-state index in [2.05, 4.69) is 13.5 Å². The lowest BCUT2D eigenvalue weighted by molar-refractivity contribution is -0.177. The summed E-state index contributed by atoms with van der Waals surface area (Å²) in [5.41, 5.74) is 0.365. The van der Waals surface area contributed by atoms with Crippen LogP contribution in [0.3, 0.4) is 0 Å². The quantitative estimate of drug-likeness (QED) is 0.521. The summed E-state index contributed by atoms with van der Waals surface area (Å²) in [6.45, 7) is 7.79. The molecule has 2 heteroatoms. The Hall–Kier alpha value is -0.790. The smallest absolute Gasteiger partial charge is 0.333 e. The molecule has 2 saturated carbocycles. The topological polar surface area (TPSA) is 26.3 Å². The monoisotopic (exact) mass is 278 g/mol. The van der Waals surface area contributed by atoms with Gasteiger partial charge in [-0.25, -0.2) is 4.79 Å². The third-order valence-electron chi connectivity index (χ3n) is 5.38. The van der Waals surface area contributed by atoms with Crippen molar-refractivity contribution in [1.29, 1.82) is 0 Å². The van der Waals surface area contributed by atoms with Crippen LogP contribution in [0.4, 0.5) is 0 Å². The van der Waals surface area contributed by atoms with Crippen LogP contribution in [-0.2, 0) is 9.53 Å². The molecule has 0 N–H and O–H groups in total. The largest absolute Gasteiger partial charge is 0.455 e. The fourth-order valence-corrected chi connectivity index (χ4v) is 4.41. The Morgan fingerprint density at radius 2 is 1.85 bits per heavy atom. The Morgan fingerprint density at radius 1 is 1.20 bits per heavy atom. The SMILES string of the molecule is C=C(C)C(=O)OC1(C2CCCC2)CCCCC1CCC. The lowest BCUT2D eigenvalue weighted by atomic mass is 9.66. The highest BCUT2D eigenvalue weighted by Crippen LogP contribution is 2.50. The average molecular weight is 278 g/mol. The van der Waals surface area contributed by atoms with Crippen LogP contribution in [-0.4, -0.2) is 11.6 Å². The van der Waals surface area contributed by atoms with E-state index in [1.54, 1.807) is 6.92 Å². The van der Waals surface area contributed by atoms with Gasteiger partial charge in [-0.3, -0.25) is 0 Å². The molecule has 114 valence electrons. The van der Waals surface area contributed by atoms with Gasteiger partial charge in [-0.1, -0.05) is 39.2 Å². The Bertz CT molecular complexity index is 352. The summed E-state index contributed by atoms with van der Waals surface area (Å²) in [5, 5.41) is 0. The van der Waals surface area contributed by atoms with Crippen molar-refractivity contribution in [2.75, 3.05) is 0 Å². The highest BCUT2D eigenvalue weighted by atomic mass is 16.6. The van der Waals surface area contributed by atoms with Gasteiger partial charge in [-0.2, -0.15) is 0 Å². The zero-order chi connectivity index (χ0) is 14.6. The Labute approximate surface area is 124 Å². The fourth-order valence-electron chi connectivity index (χ4n) is 4.41.